The van der Waals surface area contributed by atoms with Crippen molar-refractivity contribution in [3.05, 3.63) is 52.8 Å². The third-order valence-electron chi connectivity index (χ3n) is 4.14. The van der Waals surface area contributed by atoms with Gasteiger partial charge in [0, 0.05) is 23.3 Å². The Morgan fingerprint density at radius 2 is 1.96 bits per heavy atom. The van der Waals surface area contributed by atoms with E-state index in [1.165, 1.54) is 6.07 Å². The van der Waals surface area contributed by atoms with Gasteiger partial charge in [0.1, 0.15) is 0 Å². The molecule has 0 saturated carbocycles. The number of nitrogens with one attached hydrogen (secondary N) is 1. The number of rotatable bonds is 5. The molecule has 25 heavy (non-hydrogen) atoms. The molecule has 0 saturated heterocycles. The third kappa shape index (κ3) is 3.50. The number of benzene rings is 1. The Balaban J connectivity index is 2.27. The molecule has 0 aliphatic carbocycles. The summed E-state index contributed by atoms with van der Waals surface area (Å²) < 4.78 is 40.2. The molecular formula is C18H17ClF3N3. The second kappa shape index (κ2) is 7.06. The summed E-state index contributed by atoms with van der Waals surface area (Å²) in [7, 11) is 0. The number of fused-ring (bicyclic) bond motifs is 1. The number of pyridine rings is 1. The molecule has 0 atom stereocenters. The van der Waals surface area contributed by atoms with Gasteiger partial charge in [0.25, 0.3) is 0 Å². The lowest BCUT2D eigenvalue weighted by molar-refractivity contribution is -0.136. The summed E-state index contributed by atoms with van der Waals surface area (Å²) in [5, 5.41) is 0.726. The van der Waals surface area contributed by atoms with Crippen LogP contribution in [0.3, 0.4) is 0 Å². The molecule has 2 heterocycles. The fourth-order valence-electron chi connectivity index (χ4n) is 3.02. The Morgan fingerprint density at radius 1 is 1.16 bits per heavy atom. The van der Waals surface area contributed by atoms with Gasteiger partial charge in [-0.05, 0) is 55.6 Å². The molecule has 0 aliphatic heterocycles. The highest BCUT2D eigenvalue weighted by molar-refractivity contribution is 6.36. The molecule has 3 aromatic rings. The maximum Gasteiger partial charge on any atom is 0.418 e. The second-order valence-electron chi connectivity index (χ2n) is 5.81. The van der Waals surface area contributed by atoms with Gasteiger partial charge in [-0.25, -0.2) is 0 Å². The van der Waals surface area contributed by atoms with E-state index < -0.39 is 11.7 Å². The SMILES string of the molecule is NCCCCc1c(-c2cccnc2)[nH]c2c(C(F)(F)F)ccc(Cl)c12. The molecule has 0 aliphatic rings. The van der Waals surface area contributed by atoms with Gasteiger partial charge in [-0.3, -0.25) is 4.98 Å². The van der Waals surface area contributed by atoms with Crippen molar-refractivity contribution in [1.82, 2.24) is 9.97 Å². The molecule has 0 fully saturated rings. The lowest BCUT2D eigenvalue weighted by atomic mass is 10.00. The van der Waals surface area contributed by atoms with Crippen LogP contribution in [0.25, 0.3) is 22.2 Å². The van der Waals surface area contributed by atoms with Crippen molar-refractivity contribution < 1.29 is 13.2 Å². The van der Waals surface area contributed by atoms with Gasteiger partial charge in [-0.15, -0.1) is 0 Å². The zero-order chi connectivity index (χ0) is 18.0. The highest BCUT2D eigenvalue weighted by Crippen LogP contribution is 2.42. The first-order valence-electron chi connectivity index (χ1n) is 7.94. The first-order chi connectivity index (χ1) is 11.9. The molecule has 0 radical (unpaired) electrons. The van der Waals surface area contributed by atoms with Crippen molar-refractivity contribution >= 4 is 22.5 Å². The Hall–Kier alpha value is -2.05. The van der Waals surface area contributed by atoms with E-state index in [-0.39, 0.29) is 5.52 Å². The van der Waals surface area contributed by atoms with Gasteiger partial charge >= 0.3 is 6.18 Å². The minimum atomic E-state index is -4.46. The first-order valence-corrected chi connectivity index (χ1v) is 8.32. The molecule has 1 aromatic carbocycles. The van der Waals surface area contributed by atoms with Crippen molar-refractivity contribution in [2.75, 3.05) is 6.54 Å². The minimum Gasteiger partial charge on any atom is -0.354 e. The van der Waals surface area contributed by atoms with Crippen molar-refractivity contribution in [3.63, 3.8) is 0 Å². The van der Waals surface area contributed by atoms with E-state index in [9.17, 15) is 13.2 Å². The number of aromatic amines is 1. The molecule has 3 rings (SSSR count). The van der Waals surface area contributed by atoms with Gasteiger partial charge in [0.15, 0.2) is 0 Å². The Bertz CT molecular complexity index is 873. The van der Waals surface area contributed by atoms with E-state index in [0.29, 0.717) is 29.1 Å². The van der Waals surface area contributed by atoms with Crippen LogP contribution in [0, 0.1) is 0 Å². The molecule has 132 valence electrons. The van der Waals surface area contributed by atoms with E-state index in [4.69, 9.17) is 17.3 Å². The quantitative estimate of drug-likeness (QED) is 0.610. The van der Waals surface area contributed by atoms with Gasteiger partial charge in [-0.2, -0.15) is 13.2 Å². The number of nitrogens with zero attached hydrogens (tertiary/aromatic N) is 1. The first kappa shape index (κ1) is 17.8. The minimum absolute atomic E-state index is 0.0154. The summed E-state index contributed by atoms with van der Waals surface area (Å²) in [6, 6.07) is 5.87. The molecule has 0 unspecified atom stereocenters. The van der Waals surface area contributed by atoms with E-state index >= 15 is 0 Å². The number of unbranched alkanes of at least 4 members (excludes halogenated alkanes) is 1. The van der Waals surface area contributed by atoms with Crippen LogP contribution < -0.4 is 5.73 Å². The van der Waals surface area contributed by atoms with Crippen molar-refractivity contribution in [2.45, 2.75) is 25.4 Å². The van der Waals surface area contributed by atoms with Crippen LogP contribution in [0.15, 0.2) is 36.7 Å². The Labute approximate surface area is 148 Å². The van der Waals surface area contributed by atoms with Crippen molar-refractivity contribution in [2.24, 2.45) is 5.73 Å². The monoisotopic (exact) mass is 367 g/mol. The maximum atomic E-state index is 13.4. The predicted octanol–water partition coefficient (Wildman–Crippen LogP) is 5.18. The molecule has 2 aromatic heterocycles. The van der Waals surface area contributed by atoms with Crippen LogP contribution >= 0.6 is 11.6 Å². The zero-order valence-electron chi connectivity index (χ0n) is 13.3. The fourth-order valence-corrected chi connectivity index (χ4v) is 3.29. The van der Waals surface area contributed by atoms with Crippen LogP contribution in [-0.2, 0) is 12.6 Å². The van der Waals surface area contributed by atoms with E-state index in [0.717, 1.165) is 30.0 Å². The number of aromatic nitrogens is 2. The normalized spacial score (nSPS) is 12.0. The van der Waals surface area contributed by atoms with Crippen LogP contribution in [0.5, 0.6) is 0 Å². The van der Waals surface area contributed by atoms with Gasteiger partial charge in [0.05, 0.1) is 21.8 Å². The van der Waals surface area contributed by atoms with Crippen molar-refractivity contribution in [3.8, 4) is 11.3 Å². The molecular weight excluding hydrogens is 351 g/mol. The van der Waals surface area contributed by atoms with E-state index in [1.807, 2.05) is 6.07 Å². The maximum absolute atomic E-state index is 13.4. The van der Waals surface area contributed by atoms with Crippen LogP contribution in [0.2, 0.25) is 5.02 Å². The number of aryl methyl sites for hydroxylation is 1. The predicted molar refractivity (Wildman–Crippen MR) is 93.5 cm³/mol. The second-order valence-corrected chi connectivity index (χ2v) is 6.22. The van der Waals surface area contributed by atoms with Crippen molar-refractivity contribution in [1.29, 1.82) is 0 Å². The summed E-state index contributed by atoms with van der Waals surface area (Å²) in [5.41, 5.74) is 6.97. The van der Waals surface area contributed by atoms with Gasteiger partial charge in [0.2, 0.25) is 0 Å². The van der Waals surface area contributed by atoms with Gasteiger partial charge < -0.3 is 10.7 Å². The van der Waals surface area contributed by atoms with E-state index in [1.54, 1.807) is 18.5 Å². The standard InChI is InChI=1S/C18H17ClF3N3/c19-14-7-6-13(18(20,21)22)17-15(14)12(5-1-2-8-23)16(25-17)11-4-3-9-24-10-11/h3-4,6-7,9-10,25H,1-2,5,8,23H2. The number of nitrogens with two attached hydrogens (primary N) is 1. The third-order valence-corrected chi connectivity index (χ3v) is 4.46. The largest absolute Gasteiger partial charge is 0.418 e. The molecule has 0 spiro atoms. The summed E-state index contributed by atoms with van der Waals surface area (Å²) in [6.45, 7) is 0.534. The molecule has 3 N–H and O–H groups in total. The lowest BCUT2D eigenvalue weighted by Gasteiger charge is -2.09. The summed E-state index contributed by atoms with van der Waals surface area (Å²) in [6.07, 6.45) is 0.919. The Morgan fingerprint density at radius 3 is 2.60 bits per heavy atom. The highest BCUT2D eigenvalue weighted by atomic mass is 35.5. The fraction of sp³-hybridized carbons (Fsp3) is 0.278. The molecule has 3 nitrogen and oxygen atoms in total. The van der Waals surface area contributed by atoms with Gasteiger partial charge in [-0.1, -0.05) is 11.6 Å². The zero-order valence-corrected chi connectivity index (χ0v) is 14.1. The molecule has 0 bridgehead atoms. The highest BCUT2D eigenvalue weighted by Gasteiger charge is 2.34. The molecule has 0 amide bonds. The van der Waals surface area contributed by atoms with Crippen LogP contribution in [0.4, 0.5) is 13.2 Å². The number of hydrogen-bond donors (Lipinski definition) is 2. The number of alkyl halides is 3. The average Bonchev–Trinajstić information content (AvgIpc) is 2.95. The lowest BCUT2D eigenvalue weighted by Crippen LogP contribution is -2.05. The number of H-pyrrole nitrogens is 1. The molecule has 7 heteroatoms. The topological polar surface area (TPSA) is 54.7 Å². The smallest absolute Gasteiger partial charge is 0.354 e. The number of halogens is 4. The average molecular weight is 368 g/mol. The summed E-state index contributed by atoms with van der Waals surface area (Å²) in [5.74, 6) is 0. The Kier molecular flexibility index (Phi) is 5.01. The summed E-state index contributed by atoms with van der Waals surface area (Å²) >= 11 is 6.27. The van der Waals surface area contributed by atoms with Crippen LogP contribution in [-0.4, -0.2) is 16.5 Å². The van der Waals surface area contributed by atoms with E-state index in [2.05, 4.69) is 9.97 Å². The summed E-state index contributed by atoms with van der Waals surface area (Å²) in [4.78, 5) is 7.01. The number of hydrogen-bond acceptors (Lipinski definition) is 2. The van der Waals surface area contributed by atoms with Crippen LogP contribution in [0.1, 0.15) is 24.0 Å².